The van der Waals surface area contributed by atoms with E-state index < -0.39 is 0 Å². The van der Waals surface area contributed by atoms with Crippen molar-refractivity contribution in [1.29, 1.82) is 0 Å². The fraction of sp³-hybridized carbons (Fsp3) is 0.412. The molecule has 0 unspecified atom stereocenters. The number of amides is 1. The summed E-state index contributed by atoms with van der Waals surface area (Å²) in [6, 6.07) is 6.86. The van der Waals surface area contributed by atoms with Crippen LogP contribution in [0.1, 0.15) is 23.8 Å². The van der Waals surface area contributed by atoms with Gasteiger partial charge in [-0.2, -0.15) is 0 Å². The number of anilines is 2. The second kappa shape index (κ2) is 7.61. The number of piperazine rings is 1. The molecule has 128 valence electrons. The minimum absolute atomic E-state index is 0.121. The number of rotatable bonds is 5. The van der Waals surface area contributed by atoms with Crippen molar-refractivity contribution < 1.29 is 9.18 Å². The molecule has 5 nitrogen and oxygen atoms in total. The number of para-hydroxylation sites is 1. The van der Waals surface area contributed by atoms with E-state index in [0.29, 0.717) is 17.9 Å². The van der Waals surface area contributed by atoms with Gasteiger partial charge in [-0.15, -0.1) is 11.3 Å². The Morgan fingerprint density at radius 3 is 2.67 bits per heavy atom. The molecule has 1 aromatic heterocycles. The Morgan fingerprint density at radius 1 is 1.25 bits per heavy atom. The third-order valence-electron chi connectivity index (χ3n) is 4.00. The predicted molar refractivity (Wildman–Crippen MR) is 95.6 cm³/mol. The lowest BCUT2D eigenvalue weighted by Gasteiger charge is -2.36. The van der Waals surface area contributed by atoms with Crippen LogP contribution in [0.5, 0.6) is 0 Å². The Hall–Kier alpha value is -2.15. The van der Waals surface area contributed by atoms with Crippen molar-refractivity contribution in [2.24, 2.45) is 0 Å². The maximum atomic E-state index is 13.9. The molecular weight excluding hydrogens is 327 g/mol. The molecule has 2 heterocycles. The average Bonchev–Trinajstić information content (AvgIpc) is 3.10. The van der Waals surface area contributed by atoms with Gasteiger partial charge in [0.15, 0.2) is 5.13 Å². The fourth-order valence-corrected chi connectivity index (χ4v) is 3.55. The van der Waals surface area contributed by atoms with Gasteiger partial charge in [-0.1, -0.05) is 19.1 Å². The predicted octanol–water partition coefficient (Wildman–Crippen LogP) is 2.75. The van der Waals surface area contributed by atoms with Crippen LogP contribution < -0.4 is 15.1 Å². The molecule has 1 amide bonds. The van der Waals surface area contributed by atoms with Gasteiger partial charge >= 0.3 is 0 Å². The first-order valence-corrected chi connectivity index (χ1v) is 9.05. The summed E-state index contributed by atoms with van der Waals surface area (Å²) < 4.78 is 13.9. The molecule has 0 atom stereocenters. The number of hydrogen-bond acceptors (Lipinski definition) is 5. The standard InChI is InChI=1S/C17H21FN4OS/c1-2-7-19-16(23)14-12-24-17(20-14)22-10-8-21(9-11-22)15-6-4-3-5-13(15)18/h3-6,12H,2,7-11H2,1H3,(H,19,23). The Balaban J connectivity index is 1.60. The first-order valence-electron chi connectivity index (χ1n) is 8.17. The van der Waals surface area contributed by atoms with E-state index in [2.05, 4.69) is 15.2 Å². The number of hydrogen-bond donors (Lipinski definition) is 1. The molecule has 0 aliphatic carbocycles. The van der Waals surface area contributed by atoms with E-state index in [0.717, 1.165) is 37.7 Å². The summed E-state index contributed by atoms with van der Waals surface area (Å²) in [5, 5.41) is 5.48. The zero-order chi connectivity index (χ0) is 16.9. The van der Waals surface area contributed by atoms with E-state index in [9.17, 15) is 9.18 Å². The minimum Gasteiger partial charge on any atom is -0.366 e. The lowest BCUT2D eigenvalue weighted by Crippen LogP contribution is -2.46. The second-order valence-corrected chi connectivity index (χ2v) is 6.53. The van der Waals surface area contributed by atoms with Crippen LogP contribution in [0.3, 0.4) is 0 Å². The zero-order valence-electron chi connectivity index (χ0n) is 13.7. The Bertz CT molecular complexity index is 697. The highest BCUT2D eigenvalue weighted by atomic mass is 32.1. The van der Waals surface area contributed by atoms with Crippen molar-refractivity contribution >= 4 is 28.1 Å². The van der Waals surface area contributed by atoms with Crippen LogP contribution in [0.2, 0.25) is 0 Å². The highest BCUT2D eigenvalue weighted by Crippen LogP contribution is 2.25. The highest BCUT2D eigenvalue weighted by Gasteiger charge is 2.22. The number of carbonyl (C=O) groups excluding carboxylic acids is 1. The summed E-state index contributed by atoms with van der Waals surface area (Å²) in [5.41, 5.74) is 1.12. The molecule has 3 rings (SSSR count). The monoisotopic (exact) mass is 348 g/mol. The van der Waals surface area contributed by atoms with Gasteiger partial charge in [-0.25, -0.2) is 9.37 Å². The smallest absolute Gasteiger partial charge is 0.270 e. The molecule has 1 saturated heterocycles. The lowest BCUT2D eigenvalue weighted by atomic mass is 10.2. The van der Waals surface area contributed by atoms with E-state index in [4.69, 9.17) is 0 Å². The molecule has 24 heavy (non-hydrogen) atoms. The quantitative estimate of drug-likeness (QED) is 0.903. The molecule has 0 spiro atoms. The van der Waals surface area contributed by atoms with Crippen molar-refractivity contribution in [3.05, 3.63) is 41.2 Å². The normalized spacial score (nSPS) is 14.8. The highest BCUT2D eigenvalue weighted by molar-refractivity contribution is 7.13. The molecule has 2 aromatic rings. The summed E-state index contributed by atoms with van der Waals surface area (Å²) in [6.45, 7) is 5.67. The summed E-state index contributed by atoms with van der Waals surface area (Å²) in [5.74, 6) is -0.306. The van der Waals surface area contributed by atoms with Crippen LogP contribution in [-0.2, 0) is 0 Å². The third kappa shape index (κ3) is 3.67. The van der Waals surface area contributed by atoms with Crippen LogP contribution in [0.25, 0.3) is 0 Å². The lowest BCUT2D eigenvalue weighted by molar-refractivity contribution is 0.0949. The van der Waals surface area contributed by atoms with Crippen molar-refractivity contribution in [2.75, 3.05) is 42.5 Å². The largest absolute Gasteiger partial charge is 0.366 e. The third-order valence-corrected chi connectivity index (χ3v) is 4.91. The van der Waals surface area contributed by atoms with Gasteiger partial charge in [0.1, 0.15) is 11.5 Å². The van der Waals surface area contributed by atoms with Crippen LogP contribution in [-0.4, -0.2) is 43.6 Å². The fourth-order valence-electron chi connectivity index (χ4n) is 2.69. The van der Waals surface area contributed by atoms with Crippen molar-refractivity contribution in [1.82, 2.24) is 10.3 Å². The Morgan fingerprint density at radius 2 is 1.96 bits per heavy atom. The van der Waals surface area contributed by atoms with Gasteiger partial charge in [-0.05, 0) is 18.6 Å². The summed E-state index contributed by atoms with van der Waals surface area (Å²) in [7, 11) is 0. The minimum atomic E-state index is -0.185. The van der Waals surface area contributed by atoms with Gasteiger partial charge in [0.2, 0.25) is 0 Å². The number of nitrogens with zero attached hydrogens (tertiary/aromatic N) is 3. The van der Waals surface area contributed by atoms with E-state index in [1.165, 1.54) is 17.4 Å². The maximum Gasteiger partial charge on any atom is 0.270 e. The summed E-state index contributed by atoms with van der Waals surface area (Å²) in [6.07, 6.45) is 0.904. The Kier molecular flexibility index (Phi) is 5.30. The zero-order valence-corrected chi connectivity index (χ0v) is 14.5. The van der Waals surface area contributed by atoms with E-state index in [1.807, 2.05) is 24.0 Å². The SMILES string of the molecule is CCCNC(=O)c1csc(N2CCN(c3ccccc3F)CC2)n1. The maximum absolute atomic E-state index is 13.9. The molecule has 7 heteroatoms. The van der Waals surface area contributed by atoms with Crippen molar-refractivity contribution in [3.8, 4) is 0 Å². The molecule has 1 aliphatic rings. The molecule has 1 aromatic carbocycles. The summed E-state index contributed by atoms with van der Waals surface area (Å²) in [4.78, 5) is 20.6. The van der Waals surface area contributed by atoms with Crippen molar-refractivity contribution in [2.45, 2.75) is 13.3 Å². The molecule has 0 saturated carbocycles. The number of nitrogens with one attached hydrogen (secondary N) is 1. The van der Waals surface area contributed by atoms with Crippen LogP contribution >= 0.6 is 11.3 Å². The topological polar surface area (TPSA) is 48.5 Å². The van der Waals surface area contributed by atoms with E-state index in [-0.39, 0.29) is 11.7 Å². The van der Waals surface area contributed by atoms with Crippen LogP contribution in [0.4, 0.5) is 15.2 Å². The van der Waals surface area contributed by atoms with Gasteiger partial charge in [0.25, 0.3) is 5.91 Å². The molecule has 0 bridgehead atoms. The number of carbonyl (C=O) groups is 1. The molecule has 0 radical (unpaired) electrons. The van der Waals surface area contributed by atoms with E-state index in [1.54, 1.807) is 11.4 Å². The first kappa shape index (κ1) is 16.7. The van der Waals surface area contributed by atoms with Gasteiger partial charge in [0.05, 0.1) is 5.69 Å². The van der Waals surface area contributed by atoms with Gasteiger partial charge < -0.3 is 15.1 Å². The number of thiazole rings is 1. The van der Waals surface area contributed by atoms with Crippen molar-refractivity contribution in [3.63, 3.8) is 0 Å². The first-order chi connectivity index (χ1) is 11.7. The van der Waals surface area contributed by atoms with Crippen LogP contribution in [0, 0.1) is 5.82 Å². The molecule has 1 fully saturated rings. The second-order valence-electron chi connectivity index (χ2n) is 5.70. The Labute approximate surface area is 145 Å². The summed E-state index contributed by atoms with van der Waals surface area (Å²) >= 11 is 1.48. The van der Waals surface area contributed by atoms with Gasteiger partial charge in [0, 0.05) is 38.1 Å². The van der Waals surface area contributed by atoms with E-state index >= 15 is 0 Å². The molecular formula is C17H21FN4OS. The van der Waals surface area contributed by atoms with Crippen LogP contribution in [0.15, 0.2) is 29.6 Å². The van der Waals surface area contributed by atoms with Gasteiger partial charge in [-0.3, -0.25) is 4.79 Å². The number of aromatic nitrogens is 1. The molecule has 1 N–H and O–H groups in total. The number of benzene rings is 1. The molecule has 1 aliphatic heterocycles. The average molecular weight is 348 g/mol. The number of halogens is 1.